The summed E-state index contributed by atoms with van der Waals surface area (Å²) < 4.78 is 33.4. The summed E-state index contributed by atoms with van der Waals surface area (Å²) in [5.41, 5.74) is 6.18. The molecule has 2 atom stereocenters. The van der Waals surface area contributed by atoms with Gasteiger partial charge in [0.25, 0.3) is 11.8 Å². The van der Waals surface area contributed by atoms with Gasteiger partial charge in [0, 0.05) is 37.2 Å². The van der Waals surface area contributed by atoms with Crippen molar-refractivity contribution < 1.29 is 23.1 Å². The number of aromatic nitrogens is 2. The smallest absolute Gasteiger partial charge is 0.273 e. The van der Waals surface area contributed by atoms with Crippen molar-refractivity contribution in [3.05, 3.63) is 94.7 Å². The van der Waals surface area contributed by atoms with Crippen LogP contribution in [0.3, 0.4) is 0 Å². The van der Waals surface area contributed by atoms with Crippen LogP contribution in [-0.4, -0.2) is 76.6 Å². The molecule has 11 heteroatoms. The molecule has 3 aliphatic heterocycles. The van der Waals surface area contributed by atoms with Crippen LogP contribution < -0.4 is 10.7 Å². The Hall–Kier alpha value is -4.35. The highest BCUT2D eigenvalue weighted by molar-refractivity contribution is 6.10. The van der Waals surface area contributed by atoms with Gasteiger partial charge >= 0.3 is 0 Å². The second-order valence-corrected chi connectivity index (χ2v) is 12.9. The van der Waals surface area contributed by atoms with Crippen molar-refractivity contribution in [2.45, 2.75) is 63.6 Å². The normalized spacial score (nSPS) is 20.2. The topological polar surface area (TPSA) is 91.7 Å². The second-order valence-electron chi connectivity index (χ2n) is 12.9. The monoisotopic (exact) mass is 642 g/mol. The number of amides is 2. The number of para-hydroxylation sites is 1. The minimum Gasteiger partial charge on any atom is -0.359 e. The number of hydrogen-bond acceptors (Lipinski definition) is 6. The maximum atomic E-state index is 14.2. The van der Waals surface area contributed by atoms with Gasteiger partial charge in [0.05, 0.1) is 28.5 Å². The molecule has 0 bridgehead atoms. The zero-order valence-corrected chi connectivity index (χ0v) is 26.4. The third-order valence-electron chi connectivity index (χ3n) is 9.50. The third-order valence-corrected chi connectivity index (χ3v) is 9.50. The van der Waals surface area contributed by atoms with Crippen LogP contribution in [-0.2, 0) is 11.2 Å². The molecule has 2 amide bonds. The van der Waals surface area contributed by atoms with E-state index in [9.17, 15) is 18.4 Å². The van der Waals surface area contributed by atoms with E-state index in [0.29, 0.717) is 47.5 Å². The number of nitrogens with zero attached hydrogens (tertiary/aromatic N) is 4. The first kappa shape index (κ1) is 31.3. The average molecular weight is 643 g/mol. The van der Waals surface area contributed by atoms with E-state index >= 15 is 0 Å². The van der Waals surface area contributed by atoms with E-state index in [1.807, 2.05) is 23.1 Å². The van der Waals surface area contributed by atoms with Crippen LogP contribution in [0.1, 0.15) is 76.8 Å². The summed E-state index contributed by atoms with van der Waals surface area (Å²) in [5, 5.41) is 8.58. The Morgan fingerprint density at radius 1 is 0.872 bits per heavy atom. The number of carbonyl (C=O) groups is 2. The summed E-state index contributed by atoms with van der Waals surface area (Å²) >= 11 is 0. The highest BCUT2D eigenvalue weighted by Crippen LogP contribution is 2.30. The SMILES string of the molecule is O=C(Nn1ncc2cc(Cc3cc(F)cc(F)c3)ccc21)c1cccc(C(=O)N2CCC[C@@H]2CN2CCCC2)c1NC1CCCCO1. The molecule has 1 unspecified atom stereocenters. The minimum absolute atomic E-state index is 0.0742. The van der Waals surface area contributed by atoms with E-state index < -0.39 is 17.5 Å². The predicted molar refractivity (Wildman–Crippen MR) is 176 cm³/mol. The lowest BCUT2D eigenvalue weighted by Crippen LogP contribution is -2.43. The number of ether oxygens (including phenoxy) is 1. The molecule has 2 N–H and O–H groups in total. The zero-order valence-electron chi connectivity index (χ0n) is 26.4. The molecule has 0 radical (unpaired) electrons. The maximum Gasteiger partial charge on any atom is 0.273 e. The van der Waals surface area contributed by atoms with E-state index in [4.69, 9.17) is 4.74 Å². The lowest BCUT2D eigenvalue weighted by Gasteiger charge is -2.31. The van der Waals surface area contributed by atoms with Crippen LogP contribution in [0.4, 0.5) is 14.5 Å². The van der Waals surface area contributed by atoms with Crippen molar-refractivity contribution in [2.75, 3.05) is 43.5 Å². The molecule has 0 saturated carbocycles. The van der Waals surface area contributed by atoms with Crippen molar-refractivity contribution in [1.29, 1.82) is 0 Å². The lowest BCUT2D eigenvalue weighted by atomic mass is 10.0. The first-order valence-corrected chi connectivity index (χ1v) is 16.7. The van der Waals surface area contributed by atoms with E-state index in [-0.39, 0.29) is 18.2 Å². The Bertz CT molecular complexity index is 1740. The van der Waals surface area contributed by atoms with Crippen molar-refractivity contribution in [3.8, 4) is 0 Å². The Labute approximate surface area is 272 Å². The molecule has 9 nitrogen and oxygen atoms in total. The molecule has 3 saturated heterocycles. The van der Waals surface area contributed by atoms with Crippen LogP contribution >= 0.6 is 0 Å². The Morgan fingerprint density at radius 3 is 2.47 bits per heavy atom. The number of carbonyl (C=O) groups excluding carboxylic acids is 2. The highest BCUT2D eigenvalue weighted by atomic mass is 19.1. The van der Waals surface area contributed by atoms with Crippen molar-refractivity contribution in [1.82, 2.24) is 19.7 Å². The molecule has 0 aliphatic carbocycles. The number of hydrogen-bond donors (Lipinski definition) is 2. The number of nitrogens with one attached hydrogen (secondary N) is 2. The van der Waals surface area contributed by atoms with Crippen LogP contribution in [0.2, 0.25) is 0 Å². The van der Waals surface area contributed by atoms with Gasteiger partial charge in [0.15, 0.2) is 0 Å². The van der Waals surface area contributed by atoms with Crippen molar-refractivity contribution in [2.24, 2.45) is 0 Å². The number of likely N-dealkylation sites (tertiary alicyclic amines) is 2. The molecular weight excluding hydrogens is 602 g/mol. The average Bonchev–Trinajstić information content (AvgIpc) is 3.83. The quantitative estimate of drug-likeness (QED) is 0.235. The van der Waals surface area contributed by atoms with Crippen molar-refractivity contribution >= 4 is 28.4 Å². The van der Waals surface area contributed by atoms with Gasteiger partial charge in [0.2, 0.25) is 0 Å². The summed E-state index contributed by atoms with van der Waals surface area (Å²) in [7, 11) is 0. The standard InChI is InChI=1S/C36H40F2N6O3/c37-27-19-25(20-28(38)21-27)17-24-11-12-32-26(18-24)22-39-44(32)41-35(45)30-8-5-9-31(34(30)40-33-10-1-4-16-47-33)36(46)43-15-6-7-29(43)23-42-13-2-3-14-42/h5,8-9,11-12,18-22,29,33,40H,1-4,6-7,10,13-17,23H2,(H,41,45)/t29-,33?/m1/s1. The number of halogens is 2. The zero-order chi connectivity index (χ0) is 32.3. The van der Waals surface area contributed by atoms with E-state index in [2.05, 4.69) is 20.7 Å². The number of rotatable bonds is 9. The van der Waals surface area contributed by atoms with Gasteiger partial charge in [-0.05, 0) is 112 Å². The molecule has 1 aromatic heterocycles. The first-order chi connectivity index (χ1) is 22.9. The molecule has 0 spiro atoms. The molecule has 246 valence electrons. The van der Waals surface area contributed by atoms with Gasteiger partial charge in [-0.2, -0.15) is 9.89 Å². The Morgan fingerprint density at radius 2 is 1.68 bits per heavy atom. The highest BCUT2D eigenvalue weighted by Gasteiger charge is 2.34. The molecule has 7 rings (SSSR count). The van der Waals surface area contributed by atoms with Gasteiger partial charge in [0.1, 0.15) is 17.9 Å². The summed E-state index contributed by atoms with van der Waals surface area (Å²) in [6.45, 7) is 4.36. The van der Waals surface area contributed by atoms with Gasteiger partial charge in [-0.25, -0.2) is 14.2 Å². The molecular formula is C36H40F2N6O3. The summed E-state index contributed by atoms with van der Waals surface area (Å²) in [6, 6.07) is 14.4. The fourth-order valence-electron chi connectivity index (χ4n) is 7.19. The van der Waals surface area contributed by atoms with Gasteiger partial charge in [-0.3, -0.25) is 9.59 Å². The number of fused-ring (bicyclic) bond motifs is 1. The Kier molecular flexibility index (Phi) is 9.17. The molecule has 47 heavy (non-hydrogen) atoms. The van der Waals surface area contributed by atoms with E-state index in [1.54, 1.807) is 24.4 Å². The molecule has 4 heterocycles. The fourth-order valence-corrected chi connectivity index (χ4v) is 7.19. The minimum atomic E-state index is -0.617. The van der Waals surface area contributed by atoms with Crippen LogP contribution in [0, 0.1) is 11.6 Å². The largest absolute Gasteiger partial charge is 0.359 e. The third kappa shape index (κ3) is 7.01. The van der Waals surface area contributed by atoms with Crippen LogP contribution in [0.5, 0.6) is 0 Å². The second kappa shape index (κ2) is 13.8. The lowest BCUT2D eigenvalue weighted by molar-refractivity contribution is 0.0342. The molecule has 3 fully saturated rings. The Balaban J connectivity index is 1.14. The summed E-state index contributed by atoms with van der Waals surface area (Å²) in [5.74, 6) is -1.73. The molecule has 4 aromatic rings. The molecule has 3 aromatic carbocycles. The van der Waals surface area contributed by atoms with Gasteiger partial charge in [-0.15, -0.1) is 0 Å². The van der Waals surface area contributed by atoms with Crippen LogP contribution in [0.25, 0.3) is 10.9 Å². The first-order valence-electron chi connectivity index (χ1n) is 16.7. The number of anilines is 1. The number of benzene rings is 3. The summed E-state index contributed by atoms with van der Waals surface area (Å²) in [6.07, 6.45) is 8.77. The van der Waals surface area contributed by atoms with E-state index in [0.717, 1.165) is 68.8 Å². The van der Waals surface area contributed by atoms with E-state index in [1.165, 1.54) is 29.8 Å². The maximum absolute atomic E-state index is 14.2. The van der Waals surface area contributed by atoms with Crippen molar-refractivity contribution in [3.63, 3.8) is 0 Å². The fraction of sp³-hybridized carbons (Fsp3) is 0.417. The van der Waals surface area contributed by atoms with Gasteiger partial charge < -0.3 is 19.9 Å². The van der Waals surface area contributed by atoms with Crippen LogP contribution in [0.15, 0.2) is 60.8 Å². The molecule has 3 aliphatic rings. The predicted octanol–water partition coefficient (Wildman–Crippen LogP) is 5.93. The summed E-state index contributed by atoms with van der Waals surface area (Å²) in [4.78, 5) is 34.0. The van der Waals surface area contributed by atoms with Gasteiger partial charge in [-0.1, -0.05) is 12.1 Å².